The van der Waals surface area contributed by atoms with Crippen molar-refractivity contribution in [1.82, 2.24) is 14.5 Å². The first kappa shape index (κ1) is 19.2. The smallest absolute Gasteiger partial charge is 0.330 e. The lowest BCUT2D eigenvalue weighted by molar-refractivity contribution is 0.0912. The van der Waals surface area contributed by atoms with Crippen LogP contribution >= 0.6 is 11.6 Å². The van der Waals surface area contributed by atoms with Gasteiger partial charge in [-0.15, -0.1) is 0 Å². The molecule has 1 unspecified atom stereocenters. The Balaban J connectivity index is 1.80. The maximum atomic E-state index is 12.8. The zero-order valence-corrected chi connectivity index (χ0v) is 16.3. The summed E-state index contributed by atoms with van der Waals surface area (Å²) in [5.41, 5.74) is 1.23. The van der Waals surface area contributed by atoms with E-state index in [4.69, 9.17) is 11.6 Å². The minimum absolute atomic E-state index is 0.0247. The Morgan fingerprint density at radius 1 is 1.19 bits per heavy atom. The minimum Gasteiger partial charge on any atom is -0.330 e. The molecule has 9 heteroatoms. The van der Waals surface area contributed by atoms with E-state index in [9.17, 15) is 18.0 Å². The number of aryl methyl sites for hydroxylation is 1. The van der Waals surface area contributed by atoms with Crippen LogP contribution in [0.3, 0.4) is 0 Å². The summed E-state index contributed by atoms with van der Waals surface area (Å²) in [5, 5.41) is 3.07. The maximum Gasteiger partial charge on any atom is 0.335 e. The standard InChI is InChI=1S/C18H18ClN3O4S/c1-12-6-8-15(9-7-12)27(25,26)22-11-16(21(2)18(22)24)20-17(23)13-4-3-5-14(19)10-13/h3-10,16H,11H2,1-2H3,(H,20,23). The number of carbonyl (C=O) groups is 2. The average molecular weight is 408 g/mol. The number of nitrogens with zero attached hydrogens (tertiary/aromatic N) is 2. The van der Waals surface area contributed by atoms with Crippen molar-refractivity contribution in [3.63, 3.8) is 0 Å². The second-order valence-corrected chi connectivity index (χ2v) is 8.54. The molecular formula is C18H18ClN3O4S. The van der Waals surface area contributed by atoms with Gasteiger partial charge in [-0.25, -0.2) is 17.5 Å². The molecule has 2 aromatic rings. The average Bonchev–Trinajstić information content (AvgIpc) is 2.91. The quantitative estimate of drug-likeness (QED) is 0.843. The molecule has 142 valence electrons. The molecule has 1 heterocycles. The van der Waals surface area contributed by atoms with Crippen molar-refractivity contribution in [2.75, 3.05) is 13.6 Å². The van der Waals surface area contributed by atoms with Crippen LogP contribution in [-0.2, 0) is 10.0 Å². The third-order valence-corrected chi connectivity index (χ3v) is 6.30. The highest BCUT2D eigenvalue weighted by molar-refractivity contribution is 7.89. The third kappa shape index (κ3) is 3.77. The Morgan fingerprint density at radius 3 is 2.48 bits per heavy atom. The number of sulfonamides is 1. The summed E-state index contributed by atoms with van der Waals surface area (Å²) in [6.07, 6.45) is -0.788. The molecular weight excluding hydrogens is 390 g/mol. The minimum atomic E-state index is -4.01. The van der Waals surface area contributed by atoms with E-state index in [0.717, 1.165) is 9.87 Å². The third-order valence-electron chi connectivity index (χ3n) is 4.31. The molecule has 0 bridgehead atoms. The van der Waals surface area contributed by atoms with Crippen molar-refractivity contribution < 1.29 is 18.0 Å². The monoisotopic (exact) mass is 407 g/mol. The molecule has 0 saturated carbocycles. The Morgan fingerprint density at radius 2 is 1.85 bits per heavy atom. The van der Waals surface area contributed by atoms with Gasteiger partial charge in [0.1, 0.15) is 6.17 Å². The number of carbonyl (C=O) groups excluding carboxylic acids is 2. The zero-order valence-electron chi connectivity index (χ0n) is 14.7. The van der Waals surface area contributed by atoms with E-state index in [0.29, 0.717) is 10.6 Å². The highest BCUT2D eigenvalue weighted by atomic mass is 35.5. The molecule has 0 aliphatic carbocycles. The number of likely N-dealkylation sites (N-methyl/N-ethyl adjacent to an activating group) is 1. The lowest BCUT2D eigenvalue weighted by atomic mass is 10.2. The van der Waals surface area contributed by atoms with Crippen LogP contribution < -0.4 is 5.32 Å². The number of hydrogen-bond donors (Lipinski definition) is 1. The van der Waals surface area contributed by atoms with E-state index in [1.165, 1.54) is 30.1 Å². The molecule has 3 amide bonds. The summed E-state index contributed by atoms with van der Waals surface area (Å²) in [7, 11) is -2.57. The Labute approximate surface area is 162 Å². The van der Waals surface area contributed by atoms with Gasteiger partial charge in [0, 0.05) is 17.6 Å². The van der Waals surface area contributed by atoms with Crippen molar-refractivity contribution in [1.29, 1.82) is 0 Å². The van der Waals surface area contributed by atoms with Gasteiger partial charge in [0.15, 0.2) is 0 Å². The van der Waals surface area contributed by atoms with Crippen LogP contribution in [0.5, 0.6) is 0 Å². The first-order valence-electron chi connectivity index (χ1n) is 8.13. The van der Waals surface area contributed by atoms with Gasteiger partial charge in [0.25, 0.3) is 15.9 Å². The van der Waals surface area contributed by atoms with Gasteiger partial charge in [0.2, 0.25) is 0 Å². The lowest BCUT2D eigenvalue weighted by Gasteiger charge is -2.18. The Hall–Kier alpha value is -2.58. The lowest BCUT2D eigenvalue weighted by Crippen LogP contribution is -2.44. The van der Waals surface area contributed by atoms with Crippen molar-refractivity contribution >= 4 is 33.6 Å². The van der Waals surface area contributed by atoms with E-state index < -0.39 is 28.1 Å². The fourth-order valence-corrected chi connectivity index (χ4v) is 4.31. The molecule has 0 aromatic heterocycles. The van der Waals surface area contributed by atoms with Gasteiger partial charge in [-0.05, 0) is 37.3 Å². The van der Waals surface area contributed by atoms with Crippen molar-refractivity contribution in [2.24, 2.45) is 0 Å². The van der Waals surface area contributed by atoms with Gasteiger partial charge in [-0.1, -0.05) is 35.4 Å². The van der Waals surface area contributed by atoms with E-state index in [2.05, 4.69) is 5.32 Å². The molecule has 0 radical (unpaired) electrons. The van der Waals surface area contributed by atoms with Crippen LogP contribution in [0.2, 0.25) is 5.02 Å². The molecule has 1 N–H and O–H groups in total. The van der Waals surface area contributed by atoms with Gasteiger partial charge in [-0.3, -0.25) is 4.79 Å². The number of rotatable bonds is 4. The van der Waals surface area contributed by atoms with Crippen LogP contribution in [0.4, 0.5) is 4.79 Å². The molecule has 1 saturated heterocycles. The number of halogens is 1. The summed E-state index contributed by atoms with van der Waals surface area (Å²) in [6, 6.07) is 11.9. The molecule has 1 aliphatic rings. The SMILES string of the molecule is Cc1ccc(S(=O)(=O)N2CC(NC(=O)c3cccc(Cl)c3)N(C)C2=O)cc1. The van der Waals surface area contributed by atoms with Gasteiger partial charge in [-0.2, -0.15) is 0 Å². The molecule has 1 atom stereocenters. The van der Waals surface area contributed by atoms with Crippen LogP contribution in [0.15, 0.2) is 53.4 Å². The predicted molar refractivity (Wildman–Crippen MR) is 101 cm³/mol. The summed E-state index contributed by atoms with van der Waals surface area (Å²) in [5.74, 6) is -0.447. The normalized spacial score (nSPS) is 17.3. The molecule has 1 fully saturated rings. The number of hydrogen-bond acceptors (Lipinski definition) is 4. The van der Waals surface area contributed by atoms with Crippen molar-refractivity contribution in [3.8, 4) is 0 Å². The summed E-state index contributed by atoms with van der Waals surface area (Å²) in [6.45, 7) is 1.66. The second-order valence-electron chi connectivity index (χ2n) is 6.24. The maximum absolute atomic E-state index is 12.8. The summed E-state index contributed by atoms with van der Waals surface area (Å²) < 4.78 is 26.4. The van der Waals surface area contributed by atoms with Crippen LogP contribution in [0.1, 0.15) is 15.9 Å². The topological polar surface area (TPSA) is 86.8 Å². The van der Waals surface area contributed by atoms with Gasteiger partial charge in [0.05, 0.1) is 11.4 Å². The molecule has 1 aliphatic heterocycles. The molecule has 0 spiro atoms. The van der Waals surface area contributed by atoms with Crippen molar-refractivity contribution in [2.45, 2.75) is 18.0 Å². The Bertz CT molecular complexity index is 992. The molecule has 3 rings (SSSR count). The fourth-order valence-electron chi connectivity index (χ4n) is 2.71. The summed E-state index contributed by atoms with van der Waals surface area (Å²) in [4.78, 5) is 26.1. The van der Waals surface area contributed by atoms with Gasteiger partial charge >= 0.3 is 6.03 Å². The first-order valence-corrected chi connectivity index (χ1v) is 9.94. The highest BCUT2D eigenvalue weighted by Crippen LogP contribution is 2.23. The first-order chi connectivity index (χ1) is 12.7. The highest BCUT2D eigenvalue weighted by Gasteiger charge is 2.42. The van der Waals surface area contributed by atoms with Crippen LogP contribution in [0.25, 0.3) is 0 Å². The number of urea groups is 1. The van der Waals surface area contributed by atoms with E-state index >= 15 is 0 Å². The molecule has 7 nitrogen and oxygen atoms in total. The number of nitrogens with one attached hydrogen (secondary N) is 1. The fraction of sp³-hybridized carbons (Fsp3) is 0.222. The van der Waals surface area contributed by atoms with Crippen molar-refractivity contribution in [3.05, 3.63) is 64.7 Å². The summed E-state index contributed by atoms with van der Waals surface area (Å²) >= 11 is 5.89. The largest absolute Gasteiger partial charge is 0.335 e. The van der Waals surface area contributed by atoms with Gasteiger partial charge < -0.3 is 10.2 Å². The van der Waals surface area contributed by atoms with Crippen LogP contribution in [0, 0.1) is 6.92 Å². The van der Waals surface area contributed by atoms with E-state index in [1.54, 1.807) is 30.3 Å². The van der Waals surface area contributed by atoms with Crippen LogP contribution in [-0.4, -0.2) is 49.3 Å². The molecule has 27 heavy (non-hydrogen) atoms. The number of amides is 3. The number of benzene rings is 2. The Kier molecular flexibility index (Phi) is 5.12. The second kappa shape index (κ2) is 7.21. The molecule has 2 aromatic carbocycles. The van der Waals surface area contributed by atoms with E-state index in [-0.39, 0.29) is 11.4 Å². The predicted octanol–water partition coefficient (Wildman–Crippen LogP) is 2.46. The zero-order chi connectivity index (χ0) is 19.8. The van der Waals surface area contributed by atoms with E-state index in [1.807, 2.05) is 6.92 Å².